The number of nitro benzene ring substituents is 1. The molecule has 0 saturated heterocycles. The van der Waals surface area contributed by atoms with Crippen LogP contribution in [0.1, 0.15) is 0 Å². The summed E-state index contributed by atoms with van der Waals surface area (Å²) in [5.41, 5.74) is 1.60. The number of nitrogens with zero attached hydrogens (tertiary/aromatic N) is 1. The average molecular weight is 608 g/mol. The van der Waals surface area contributed by atoms with Crippen LogP contribution in [-0.2, 0) is 0 Å². The van der Waals surface area contributed by atoms with Gasteiger partial charge in [0.25, 0.3) is 5.69 Å². The van der Waals surface area contributed by atoms with Gasteiger partial charge in [-0.1, -0.05) is 164 Å². The molecule has 3 nitrogen and oxygen atoms in total. The van der Waals surface area contributed by atoms with E-state index in [4.69, 9.17) is 0 Å². The Balaban J connectivity index is 1.47. The van der Waals surface area contributed by atoms with Crippen LogP contribution in [0.15, 0.2) is 176 Å². The van der Waals surface area contributed by atoms with E-state index in [0.29, 0.717) is 5.56 Å². The number of hydrogen-bond donors (Lipinski definition) is 0. The molecule has 8 rings (SSSR count). The van der Waals surface area contributed by atoms with Gasteiger partial charge in [-0.05, 0) is 64.7 Å². The molecule has 0 fully saturated rings. The Labute approximate surface area is 268 Å². The van der Waals surface area contributed by atoms with Gasteiger partial charge < -0.3 is 0 Å². The fourth-order valence-corrected chi connectivity index (χ4v) is 12.2. The van der Waals surface area contributed by atoms with Crippen molar-refractivity contribution in [2.24, 2.45) is 0 Å². The number of benzene rings is 8. The Kier molecular flexibility index (Phi) is 6.78. The maximum atomic E-state index is 13.1. The minimum atomic E-state index is -2.94. The standard InChI is InChI=1S/C42H29NO2Si/c44-43(45)41-29-33(46(30-15-4-1-5-16-30,31-17-6-2-7-18-31)32-19-8-3-9-20-32)27-28-37(41)40-26-14-25-39-36-22-11-10-21-34(36)35-23-12-13-24-38(35)42(39)40/h1-29H. The molecule has 0 amide bonds. The van der Waals surface area contributed by atoms with Crippen molar-refractivity contribution in [3.63, 3.8) is 0 Å². The summed E-state index contributed by atoms with van der Waals surface area (Å²) in [4.78, 5) is 12.9. The molecular formula is C42H29NO2Si. The first kappa shape index (κ1) is 27.7. The summed E-state index contributed by atoms with van der Waals surface area (Å²) in [7, 11) is -2.94. The van der Waals surface area contributed by atoms with Crippen LogP contribution in [0.3, 0.4) is 0 Å². The molecular weight excluding hydrogens is 579 g/mol. The third-order valence-electron chi connectivity index (χ3n) is 9.31. The molecule has 0 atom stereocenters. The zero-order chi connectivity index (χ0) is 31.1. The van der Waals surface area contributed by atoms with E-state index in [1.807, 2.05) is 48.5 Å². The highest BCUT2D eigenvalue weighted by Gasteiger charge is 2.42. The van der Waals surface area contributed by atoms with Gasteiger partial charge in [0, 0.05) is 6.07 Å². The molecule has 0 aromatic heterocycles. The van der Waals surface area contributed by atoms with E-state index in [1.54, 1.807) is 0 Å². The second-order valence-electron chi connectivity index (χ2n) is 11.7. The van der Waals surface area contributed by atoms with Crippen molar-refractivity contribution in [1.29, 1.82) is 0 Å². The molecule has 8 aromatic carbocycles. The van der Waals surface area contributed by atoms with Gasteiger partial charge in [-0.3, -0.25) is 10.1 Å². The first-order chi connectivity index (χ1) is 22.7. The molecule has 0 saturated carbocycles. The Morgan fingerprint density at radius 1 is 0.391 bits per heavy atom. The normalized spacial score (nSPS) is 11.7. The van der Waals surface area contributed by atoms with Crippen LogP contribution in [0, 0.1) is 10.1 Å². The molecule has 0 aliphatic carbocycles. The molecule has 0 N–H and O–H groups in total. The van der Waals surface area contributed by atoms with Gasteiger partial charge in [-0.15, -0.1) is 0 Å². The van der Waals surface area contributed by atoms with E-state index in [2.05, 4.69) is 127 Å². The molecule has 0 aliphatic rings. The molecule has 4 heteroatoms. The lowest BCUT2D eigenvalue weighted by Crippen LogP contribution is -2.74. The molecule has 218 valence electrons. The van der Waals surface area contributed by atoms with Crippen LogP contribution in [-0.4, -0.2) is 13.0 Å². The molecule has 0 heterocycles. The van der Waals surface area contributed by atoms with Gasteiger partial charge in [0.1, 0.15) is 0 Å². The number of nitro groups is 1. The maximum absolute atomic E-state index is 13.1. The van der Waals surface area contributed by atoms with Crippen molar-refractivity contribution in [2.75, 3.05) is 0 Å². The van der Waals surface area contributed by atoms with E-state index in [0.717, 1.165) is 37.7 Å². The third kappa shape index (κ3) is 4.26. The Morgan fingerprint density at radius 3 is 1.28 bits per heavy atom. The van der Waals surface area contributed by atoms with Crippen LogP contribution in [0.5, 0.6) is 0 Å². The number of fused-ring (bicyclic) bond motifs is 6. The quantitative estimate of drug-likeness (QED) is 0.0630. The summed E-state index contributed by atoms with van der Waals surface area (Å²) in [5, 5.41) is 24.3. The fraction of sp³-hybridized carbons (Fsp3) is 0. The van der Waals surface area contributed by atoms with Crippen LogP contribution in [0.4, 0.5) is 5.69 Å². The topological polar surface area (TPSA) is 43.1 Å². The van der Waals surface area contributed by atoms with Gasteiger partial charge in [-0.25, -0.2) is 0 Å². The van der Waals surface area contributed by atoms with Crippen LogP contribution in [0.25, 0.3) is 43.4 Å². The van der Waals surface area contributed by atoms with Crippen LogP contribution >= 0.6 is 0 Å². The minimum Gasteiger partial charge on any atom is -0.258 e. The SMILES string of the molecule is O=[N+]([O-])c1cc([Si](c2ccccc2)(c2ccccc2)c2ccccc2)ccc1-c1cccc2c3ccccc3c3ccccc3c12. The molecule has 0 spiro atoms. The van der Waals surface area contributed by atoms with Crippen molar-refractivity contribution in [1.82, 2.24) is 0 Å². The predicted octanol–water partition coefficient (Wildman–Crippen LogP) is 8.10. The molecule has 0 unspecified atom stereocenters. The maximum Gasteiger partial charge on any atom is 0.277 e. The predicted molar refractivity (Wildman–Crippen MR) is 195 cm³/mol. The molecule has 8 aromatic rings. The second kappa shape index (κ2) is 11.3. The first-order valence-corrected chi connectivity index (χ1v) is 17.5. The summed E-state index contributed by atoms with van der Waals surface area (Å²) >= 11 is 0. The highest BCUT2D eigenvalue weighted by molar-refractivity contribution is 7.19. The average Bonchev–Trinajstić information content (AvgIpc) is 3.13. The molecule has 0 bridgehead atoms. The lowest BCUT2D eigenvalue weighted by Gasteiger charge is -2.34. The number of rotatable bonds is 6. The lowest BCUT2D eigenvalue weighted by atomic mass is 9.89. The smallest absolute Gasteiger partial charge is 0.258 e. The zero-order valence-electron chi connectivity index (χ0n) is 25.0. The number of hydrogen-bond acceptors (Lipinski definition) is 2. The molecule has 0 aliphatic heterocycles. The van der Waals surface area contributed by atoms with E-state index in [1.165, 1.54) is 20.9 Å². The Morgan fingerprint density at radius 2 is 0.804 bits per heavy atom. The summed E-state index contributed by atoms with van der Waals surface area (Å²) in [5.74, 6) is 0. The van der Waals surface area contributed by atoms with Crippen molar-refractivity contribution in [3.8, 4) is 11.1 Å². The molecule has 46 heavy (non-hydrogen) atoms. The first-order valence-electron chi connectivity index (χ1n) is 15.5. The van der Waals surface area contributed by atoms with Gasteiger partial charge >= 0.3 is 0 Å². The van der Waals surface area contributed by atoms with Gasteiger partial charge in [0.15, 0.2) is 8.07 Å². The van der Waals surface area contributed by atoms with Crippen molar-refractivity contribution < 1.29 is 4.92 Å². The van der Waals surface area contributed by atoms with Crippen molar-refractivity contribution in [2.45, 2.75) is 0 Å². The van der Waals surface area contributed by atoms with Crippen LogP contribution in [0.2, 0.25) is 0 Å². The van der Waals surface area contributed by atoms with E-state index >= 15 is 0 Å². The Bertz CT molecular complexity index is 2250. The minimum absolute atomic E-state index is 0.113. The van der Waals surface area contributed by atoms with Gasteiger partial charge in [-0.2, -0.15) is 0 Å². The third-order valence-corrected chi connectivity index (χ3v) is 14.1. The molecule has 0 radical (unpaired) electrons. The lowest BCUT2D eigenvalue weighted by molar-refractivity contribution is -0.384. The second-order valence-corrected chi connectivity index (χ2v) is 15.5. The highest BCUT2D eigenvalue weighted by Crippen LogP contribution is 2.42. The van der Waals surface area contributed by atoms with E-state index < -0.39 is 8.07 Å². The van der Waals surface area contributed by atoms with Gasteiger partial charge in [0.05, 0.1) is 10.5 Å². The summed E-state index contributed by atoms with van der Waals surface area (Å²) in [6.45, 7) is 0. The highest BCUT2D eigenvalue weighted by atomic mass is 28.3. The summed E-state index contributed by atoms with van der Waals surface area (Å²) < 4.78 is 0. The van der Waals surface area contributed by atoms with Crippen molar-refractivity contribution >= 4 is 66.8 Å². The zero-order valence-corrected chi connectivity index (χ0v) is 26.0. The van der Waals surface area contributed by atoms with Crippen LogP contribution < -0.4 is 20.7 Å². The van der Waals surface area contributed by atoms with E-state index in [9.17, 15) is 10.1 Å². The van der Waals surface area contributed by atoms with Crippen molar-refractivity contribution in [3.05, 3.63) is 186 Å². The monoisotopic (exact) mass is 607 g/mol. The largest absolute Gasteiger partial charge is 0.277 e. The van der Waals surface area contributed by atoms with E-state index in [-0.39, 0.29) is 10.6 Å². The van der Waals surface area contributed by atoms with Gasteiger partial charge in [0.2, 0.25) is 0 Å². The Hall–Kier alpha value is -5.84. The fourth-order valence-electron chi connectivity index (χ4n) is 7.39. The summed E-state index contributed by atoms with van der Waals surface area (Å²) in [6.07, 6.45) is 0. The summed E-state index contributed by atoms with van der Waals surface area (Å²) in [6, 6.07) is 60.5.